The van der Waals surface area contributed by atoms with Gasteiger partial charge in [-0.1, -0.05) is 28.1 Å². The number of halogens is 1. The molecule has 2 rings (SSSR count). The topological polar surface area (TPSA) is 76.1 Å². The van der Waals surface area contributed by atoms with E-state index in [0.717, 1.165) is 10.0 Å². The van der Waals surface area contributed by atoms with Crippen LogP contribution >= 0.6 is 15.9 Å². The summed E-state index contributed by atoms with van der Waals surface area (Å²) >= 11 is 3.37. The van der Waals surface area contributed by atoms with Gasteiger partial charge < -0.3 is 14.6 Å². The van der Waals surface area contributed by atoms with Gasteiger partial charge in [-0.2, -0.15) is 0 Å². The molecule has 0 spiro atoms. The molecule has 1 saturated heterocycles. The molecule has 1 amide bonds. The predicted molar refractivity (Wildman–Crippen MR) is 91.7 cm³/mol. The molecule has 0 aliphatic carbocycles. The zero-order chi connectivity index (χ0) is 17.9. The van der Waals surface area contributed by atoms with Gasteiger partial charge in [0.1, 0.15) is 11.6 Å². The first-order chi connectivity index (χ1) is 11.2. The van der Waals surface area contributed by atoms with E-state index in [-0.39, 0.29) is 19.1 Å². The van der Waals surface area contributed by atoms with E-state index < -0.39 is 23.7 Å². The zero-order valence-corrected chi connectivity index (χ0v) is 15.6. The van der Waals surface area contributed by atoms with Gasteiger partial charge in [0, 0.05) is 10.9 Å². The molecule has 1 heterocycles. The number of aliphatic carboxylic acids is 1. The Bertz CT molecular complexity index is 596. The Labute approximate surface area is 149 Å². The fraction of sp³-hybridized carbons (Fsp3) is 0.529. The van der Waals surface area contributed by atoms with E-state index in [2.05, 4.69) is 15.9 Å². The minimum absolute atomic E-state index is 0.211. The molecule has 1 aliphatic heterocycles. The van der Waals surface area contributed by atoms with E-state index in [0.29, 0.717) is 6.61 Å². The standard InChI is InChI=1S/C17H22BrNO5/c1-17(2,3)24-16(22)19-9-13(8-14(19)15(20)21)23-10-11-4-6-12(18)7-5-11/h4-7,13-14H,8-10H2,1-3H3,(H,20,21)/t13-,14+/m1/s1. The Morgan fingerprint density at radius 3 is 2.46 bits per heavy atom. The van der Waals surface area contributed by atoms with Gasteiger partial charge in [-0.05, 0) is 38.5 Å². The highest BCUT2D eigenvalue weighted by atomic mass is 79.9. The number of carboxylic acid groups (broad SMARTS) is 1. The average molecular weight is 400 g/mol. The summed E-state index contributed by atoms with van der Waals surface area (Å²) in [6.45, 7) is 5.82. The molecule has 1 fully saturated rings. The molecule has 2 atom stereocenters. The highest BCUT2D eigenvalue weighted by molar-refractivity contribution is 9.10. The molecule has 0 saturated carbocycles. The lowest BCUT2D eigenvalue weighted by Crippen LogP contribution is -2.43. The fourth-order valence-corrected chi connectivity index (χ4v) is 2.73. The smallest absolute Gasteiger partial charge is 0.411 e. The fourth-order valence-electron chi connectivity index (χ4n) is 2.47. The normalized spacial score (nSPS) is 20.9. The quantitative estimate of drug-likeness (QED) is 0.838. The Morgan fingerprint density at radius 1 is 1.29 bits per heavy atom. The highest BCUT2D eigenvalue weighted by Gasteiger charge is 2.42. The zero-order valence-electron chi connectivity index (χ0n) is 14.0. The van der Waals surface area contributed by atoms with Crippen LogP contribution in [0.25, 0.3) is 0 Å². The summed E-state index contributed by atoms with van der Waals surface area (Å²) in [4.78, 5) is 24.9. The maximum atomic E-state index is 12.2. The van der Waals surface area contributed by atoms with E-state index in [1.165, 1.54) is 4.90 Å². The third-order valence-electron chi connectivity index (χ3n) is 3.57. The van der Waals surface area contributed by atoms with Crippen LogP contribution < -0.4 is 0 Å². The summed E-state index contributed by atoms with van der Waals surface area (Å²) in [5.41, 5.74) is 0.317. The molecule has 6 nitrogen and oxygen atoms in total. The summed E-state index contributed by atoms with van der Waals surface area (Å²) in [7, 11) is 0. The number of hydrogen-bond donors (Lipinski definition) is 1. The van der Waals surface area contributed by atoms with Gasteiger partial charge in [0.15, 0.2) is 0 Å². The molecule has 0 bridgehead atoms. The average Bonchev–Trinajstić information content (AvgIpc) is 2.89. The molecule has 24 heavy (non-hydrogen) atoms. The van der Waals surface area contributed by atoms with Crippen molar-refractivity contribution in [1.82, 2.24) is 4.90 Å². The third kappa shape index (κ3) is 5.21. The maximum absolute atomic E-state index is 12.2. The second-order valence-corrected chi connectivity index (χ2v) is 7.70. The number of hydrogen-bond acceptors (Lipinski definition) is 4. The minimum Gasteiger partial charge on any atom is -0.480 e. The van der Waals surface area contributed by atoms with Crippen LogP contribution in [0.5, 0.6) is 0 Å². The van der Waals surface area contributed by atoms with Crippen LogP contribution in [0.15, 0.2) is 28.7 Å². The number of nitrogens with zero attached hydrogens (tertiary/aromatic N) is 1. The Hall–Kier alpha value is -1.60. The van der Waals surface area contributed by atoms with E-state index in [1.54, 1.807) is 20.8 Å². The summed E-state index contributed by atoms with van der Waals surface area (Å²) < 4.78 is 12.1. The number of carbonyl (C=O) groups is 2. The number of likely N-dealkylation sites (tertiary alicyclic amines) is 1. The molecule has 0 unspecified atom stereocenters. The summed E-state index contributed by atoms with van der Waals surface area (Å²) in [6.07, 6.45) is -0.697. The second kappa shape index (κ2) is 7.53. The van der Waals surface area contributed by atoms with Gasteiger partial charge in [0.25, 0.3) is 0 Å². The van der Waals surface area contributed by atoms with Crippen molar-refractivity contribution in [2.45, 2.75) is 51.5 Å². The van der Waals surface area contributed by atoms with Crippen molar-refractivity contribution in [1.29, 1.82) is 0 Å². The van der Waals surface area contributed by atoms with Crippen LogP contribution in [0.4, 0.5) is 4.79 Å². The minimum atomic E-state index is -1.05. The first-order valence-electron chi connectivity index (χ1n) is 7.74. The van der Waals surface area contributed by atoms with Crippen molar-refractivity contribution in [3.05, 3.63) is 34.3 Å². The molecule has 1 aromatic rings. The molecule has 7 heteroatoms. The largest absolute Gasteiger partial charge is 0.480 e. The Balaban J connectivity index is 1.97. The summed E-state index contributed by atoms with van der Waals surface area (Å²) in [5, 5.41) is 9.35. The van der Waals surface area contributed by atoms with Crippen molar-refractivity contribution in [2.24, 2.45) is 0 Å². The summed E-state index contributed by atoms with van der Waals surface area (Å²) in [5.74, 6) is -1.05. The number of carboxylic acids is 1. The SMILES string of the molecule is CC(C)(C)OC(=O)N1C[C@H](OCc2ccc(Br)cc2)C[C@H]1C(=O)O. The van der Waals surface area contributed by atoms with Gasteiger partial charge in [-0.3, -0.25) is 4.90 Å². The van der Waals surface area contributed by atoms with Crippen LogP contribution in [0.3, 0.4) is 0 Å². The lowest BCUT2D eigenvalue weighted by Gasteiger charge is -2.26. The molecular formula is C17H22BrNO5. The molecule has 0 aromatic heterocycles. The molecule has 1 N–H and O–H groups in total. The molecule has 1 aliphatic rings. The number of rotatable bonds is 4. The molecule has 1 aromatic carbocycles. The van der Waals surface area contributed by atoms with E-state index in [1.807, 2.05) is 24.3 Å². The van der Waals surface area contributed by atoms with Crippen molar-refractivity contribution < 1.29 is 24.2 Å². The second-order valence-electron chi connectivity index (χ2n) is 6.78. The van der Waals surface area contributed by atoms with Crippen LogP contribution in [0, 0.1) is 0 Å². The predicted octanol–water partition coefficient (Wildman–Crippen LogP) is 3.43. The van der Waals surface area contributed by atoms with E-state index in [9.17, 15) is 14.7 Å². The Kier molecular flexibility index (Phi) is 5.87. The van der Waals surface area contributed by atoms with Crippen LogP contribution in [-0.4, -0.2) is 46.4 Å². The van der Waals surface area contributed by atoms with E-state index >= 15 is 0 Å². The van der Waals surface area contributed by atoms with Gasteiger partial charge in [0.2, 0.25) is 0 Å². The number of benzene rings is 1. The highest BCUT2D eigenvalue weighted by Crippen LogP contribution is 2.24. The van der Waals surface area contributed by atoms with Gasteiger partial charge in [0.05, 0.1) is 19.3 Å². The first-order valence-corrected chi connectivity index (χ1v) is 8.53. The maximum Gasteiger partial charge on any atom is 0.411 e. The molecular weight excluding hydrogens is 378 g/mol. The number of amides is 1. The number of ether oxygens (including phenoxy) is 2. The van der Waals surface area contributed by atoms with Crippen molar-refractivity contribution in [3.63, 3.8) is 0 Å². The lowest BCUT2D eigenvalue weighted by molar-refractivity contribution is -0.142. The van der Waals surface area contributed by atoms with E-state index in [4.69, 9.17) is 9.47 Å². The molecule has 132 valence electrons. The lowest BCUT2D eigenvalue weighted by atomic mass is 10.2. The number of carbonyl (C=O) groups excluding carboxylic acids is 1. The van der Waals surface area contributed by atoms with Gasteiger partial charge >= 0.3 is 12.1 Å². The van der Waals surface area contributed by atoms with Crippen molar-refractivity contribution >= 4 is 28.0 Å². The van der Waals surface area contributed by atoms with Crippen LogP contribution in [0.1, 0.15) is 32.8 Å². The molecule has 0 radical (unpaired) electrons. The van der Waals surface area contributed by atoms with Crippen LogP contribution in [0.2, 0.25) is 0 Å². The monoisotopic (exact) mass is 399 g/mol. The van der Waals surface area contributed by atoms with Crippen molar-refractivity contribution in [2.75, 3.05) is 6.54 Å². The summed E-state index contributed by atoms with van der Waals surface area (Å²) in [6, 6.07) is 6.77. The van der Waals surface area contributed by atoms with Crippen molar-refractivity contribution in [3.8, 4) is 0 Å². The third-order valence-corrected chi connectivity index (χ3v) is 4.10. The van der Waals surface area contributed by atoms with Gasteiger partial charge in [-0.15, -0.1) is 0 Å². The Morgan fingerprint density at radius 2 is 1.92 bits per heavy atom. The van der Waals surface area contributed by atoms with Gasteiger partial charge in [-0.25, -0.2) is 9.59 Å². The first kappa shape index (κ1) is 18.7. The van der Waals surface area contributed by atoms with Crippen LogP contribution in [-0.2, 0) is 20.9 Å².